The smallest absolute Gasteiger partial charge is 0.386 e. The maximum atomic E-state index is 11.9. The van der Waals surface area contributed by atoms with Gasteiger partial charge in [0.05, 0.1) is 19.8 Å². The Morgan fingerprint density at radius 2 is 1.95 bits per heavy atom. The van der Waals surface area contributed by atoms with Crippen LogP contribution in [-0.2, 0) is 9.53 Å². The topological polar surface area (TPSA) is 90.7 Å². The van der Waals surface area contributed by atoms with Gasteiger partial charge in [-0.3, -0.25) is 10.1 Å². The van der Waals surface area contributed by atoms with Crippen LogP contribution in [0.3, 0.4) is 0 Å². The number of nitrogens with one attached hydrogen (secondary N) is 1. The van der Waals surface area contributed by atoms with E-state index in [-0.39, 0.29) is 6.54 Å². The number of hydrogen-bond donors (Lipinski definition) is 1. The third-order valence-corrected chi connectivity index (χ3v) is 2.91. The number of carbonyl (C=O) groups is 1. The summed E-state index contributed by atoms with van der Waals surface area (Å²) in [5.74, 6) is -0.180. The Labute approximate surface area is 123 Å². The summed E-state index contributed by atoms with van der Waals surface area (Å²) in [5.41, 5.74) is -1.19. The molecule has 1 rings (SSSR count). The van der Waals surface area contributed by atoms with E-state index >= 15 is 0 Å². The minimum absolute atomic E-state index is 0.169. The molecule has 1 N–H and O–H groups in total. The van der Waals surface area contributed by atoms with Crippen molar-refractivity contribution in [2.75, 3.05) is 19.0 Å². The summed E-state index contributed by atoms with van der Waals surface area (Å²) in [4.78, 5) is 22.5. The largest absolute Gasteiger partial charge is 0.497 e. The number of methoxy groups -OCH3 is 1. The second-order valence-electron chi connectivity index (χ2n) is 5.07. The zero-order chi connectivity index (χ0) is 16.0. The number of nitrogens with zero attached hydrogens (tertiary/aromatic N) is 1. The summed E-state index contributed by atoms with van der Waals surface area (Å²) < 4.78 is 9.99. The molecule has 116 valence electrons. The van der Waals surface area contributed by atoms with Crippen LogP contribution in [0.25, 0.3) is 0 Å². The molecule has 0 aliphatic heterocycles. The lowest BCUT2D eigenvalue weighted by molar-refractivity contribution is -0.547. The van der Waals surface area contributed by atoms with Gasteiger partial charge in [-0.05, 0) is 38.1 Å². The number of benzene rings is 1. The molecule has 7 nitrogen and oxygen atoms in total. The molecular weight excluding hydrogens is 276 g/mol. The van der Waals surface area contributed by atoms with Gasteiger partial charge in [-0.1, -0.05) is 0 Å². The molecule has 1 atom stereocenters. The fourth-order valence-corrected chi connectivity index (χ4v) is 1.54. The molecule has 0 spiro atoms. The SMILES string of the molecule is COc1ccc(NCC(C)(C(=O)OC(C)C)[N+](=O)[O-])cc1. The minimum atomic E-state index is -1.84. The van der Waals surface area contributed by atoms with E-state index in [2.05, 4.69) is 5.32 Å². The maximum absolute atomic E-state index is 11.9. The molecule has 0 aliphatic carbocycles. The number of ether oxygens (including phenoxy) is 2. The highest BCUT2D eigenvalue weighted by molar-refractivity contribution is 5.79. The van der Waals surface area contributed by atoms with E-state index in [0.29, 0.717) is 11.4 Å². The van der Waals surface area contributed by atoms with Gasteiger partial charge in [0.2, 0.25) is 0 Å². The Balaban J connectivity index is 2.78. The van der Waals surface area contributed by atoms with Crippen LogP contribution < -0.4 is 10.1 Å². The molecule has 0 fully saturated rings. The second kappa shape index (κ2) is 6.92. The lowest BCUT2D eigenvalue weighted by Gasteiger charge is -2.21. The third-order valence-electron chi connectivity index (χ3n) is 2.91. The first kappa shape index (κ1) is 16.7. The van der Waals surface area contributed by atoms with E-state index < -0.39 is 22.5 Å². The first-order valence-electron chi connectivity index (χ1n) is 6.53. The van der Waals surface area contributed by atoms with Crippen molar-refractivity contribution in [3.8, 4) is 5.75 Å². The van der Waals surface area contributed by atoms with Crippen molar-refractivity contribution in [1.82, 2.24) is 0 Å². The van der Waals surface area contributed by atoms with E-state index in [1.807, 2.05) is 0 Å². The van der Waals surface area contributed by atoms with Crippen LogP contribution in [0.5, 0.6) is 5.75 Å². The van der Waals surface area contributed by atoms with Crippen molar-refractivity contribution in [3.05, 3.63) is 34.4 Å². The highest BCUT2D eigenvalue weighted by Crippen LogP contribution is 2.18. The highest BCUT2D eigenvalue weighted by Gasteiger charge is 2.48. The summed E-state index contributed by atoms with van der Waals surface area (Å²) in [6.07, 6.45) is -0.405. The zero-order valence-electron chi connectivity index (χ0n) is 12.6. The number of esters is 1. The second-order valence-corrected chi connectivity index (χ2v) is 5.07. The first-order valence-corrected chi connectivity index (χ1v) is 6.53. The van der Waals surface area contributed by atoms with Gasteiger partial charge in [-0.25, -0.2) is 4.79 Å². The van der Waals surface area contributed by atoms with Crippen LogP contribution in [0.15, 0.2) is 24.3 Å². The van der Waals surface area contributed by atoms with Crippen LogP contribution in [0.4, 0.5) is 5.69 Å². The number of carbonyl (C=O) groups excluding carboxylic acids is 1. The summed E-state index contributed by atoms with van der Waals surface area (Å²) in [6, 6.07) is 6.87. The van der Waals surface area contributed by atoms with E-state index in [1.54, 1.807) is 45.2 Å². The Morgan fingerprint density at radius 1 is 1.38 bits per heavy atom. The highest BCUT2D eigenvalue weighted by atomic mass is 16.6. The third kappa shape index (κ3) is 4.34. The lowest BCUT2D eigenvalue weighted by atomic mass is 10.0. The molecule has 21 heavy (non-hydrogen) atoms. The fourth-order valence-electron chi connectivity index (χ4n) is 1.54. The van der Waals surface area contributed by atoms with Gasteiger partial charge in [0.15, 0.2) is 0 Å². The van der Waals surface area contributed by atoms with Crippen LogP contribution in [-0.4, -0.2) is 36.2 Å². The quantitative estimate of drug-likeness (QED) is 0.470. The van der Waals surface area contributed by atoms with Gasteiger partial charge in [0.25, 0.3) is 0 Å². The summed E-state index contributed by atoms with van der Waals surface area (Å²) in [5, 5.41) is 14.1. The van der Waals surface area contributed by atoms with Crippen molar-refractivity contribution in [1.29, 1.82) is 0 Å². The number of anilines is 1. The molecule has 1 aromatic rings. The Morgan fingerprint density at radius 3 is 2.38 bits per heavy atom. The Hall–Kier alpha value is -2.31. The molecule has 7 heteroatoms. The number of rotatable bonds is 7. The summed E-state index contributed by atoms with van der Waals surface area (Å²) in [7, 11) is 1.55. The van der Waals surface area contributed by atoms with Gasteiger partial charge in [0, 0.05) is 17.5 Å². The van der Waals surface area contributed by atoms with Crippen molar-refractivity contribution >= 4 is 11.7 Å². The normalized spacial score (nSPS) is 13.4. The maximum Gasteiger partial charge on any atom is 0.386 e. The zero-order valence-corrected chi connectivity index (χ0v) is 12.6. The van der Waals surface area contributed by atoms with Crippen molar-refractivity contribution in [3.63, 3.8) is 0 Å². The van der Waals surface area contributed by atoms with Crippen molar-refractivity contribution < 1.29 is 19.2 Å². The van der Waals surface area contributed by atoms with Crippen molar-refractivity contribution in [2.24, 2.45) is 0 Å². The van der Waals surface area contributed by atoms with Gasteiger partial charge >= 0.3 is 11.5 Å². The molecule has 0 radical (unpaired) electrons. The molecule has 0 saturated carbocycles. The molecule has 1 aromatic carbocycles. The van der Waals surface area contributed by atoms with E-state index in [0.717, 1.165) is 0 Å². The summed E-state index contributed by atoms with van der Waals surface area (Å²) in [6.45, 7) is 4.37. The summed E-state index contributed by atoms with van der Waals surface area (Å²) >= 11 is 0. The molecule has 0 bridgehead atoms. The molecule has 0 aromatic heterocycles. The van der Waals surface area contributed by atoms with Crippen LogP contribution in [0.1, 0.15) is 20.8 Å². The average molecular weight is 296 g/mol. The van der Waals surface area contributed by atoms with E-state index in [4.69, 9.17) is 9.47 Å². The molecular formula is C14H20N2O5. The van der Waals surface area contributed by atoms with Gasteiger partial charge in [0.1, 0.15) is 5.75 Å². The van der Waals surface area contributed by atoms with Crippen LogP contribution in [0.2, 0.25) is 0 Å². The lowest BCUT2D eigenvalue weighted by Crippen LogP contribution is -2.50. The standard InChI is InChI=1S/C14H20N2O5/c1-10(2)21-13(17)14(3,16(18)19)9-15-11-5-7-12(20-4)8-6-11/h5-8,10,15H,9H2,1-4H3. The predicted octanol–water partition coefficient (Wildman–Crippen LogP) is 2.09. The number of nitro groups is 1. The van der Waals surface area contributed by atoms with Gasteiger partial charge < -0.3 is 14.8 Å². The van der Waals surface area contributed by atoms with Gasteiger partial charge in [-0.15, -0.1) is 0 Å². The number of hydrogen-bond acceptors (Lipinski definition) is 6. The first-order chi connectivity index (χ1) is 9.79. The van der Waals surface area contributed by atoms with Crippen LogP contribution >= 0.6 is 0 Å². The molecule has 0 amide bonds. The minimum Gasteiger partial charge on any atom is -0.497 e. The molecule has 1 unspecified atom stereocenters. The fraction of sp³-hybridized carbons (Fsp3) is 0.500. The predicted molar refractivity (Wildman–Crippen MR) is 78.1 cm³/mol. The van der Waals surface area contributed by atoms with E-state index in [1.165, 1.54) is 6.92 Å². The van der Waals surface area contributed by atoms with Gasteiger partial charge in [-0.2, -0.15) is 0 Å². The Bertz CT molecular complexity index is 501. The average Bonchev–Trinajstić information content (AvgIpc) is 2.44. The monoisotopic (exact) mass is 296 g/mol. The molecule has 0 saturated heterocycles. The van der Waals surface area contributed by atoms with Crippen molar-refractivity contribution in [2.45, 2.75) is 32.4 Å². The molecule has 0 heterocycles. The van der Waals surface area contributed by atoms with Crippen LogP contribution in [0, 0.1) is 10.1 Å². The molecule has 0 aliphatic rings. The Kier molecular flexibility index (Phi) is 5.52. The van der Waals surface area contributed by atoms with E-state index in [9.17, 15) is 14.9 Å².